The summed E-state index contributed by atoms with van der Waals surface area (Å²) in [5.41, 5.74) is 6.82. The van der Waals surface area contributed by atoms with Crippen LogP contribution in [0.1, 0.15) is 50.4 Å². The highest BCUT2D eigenvalue weighted by molar-refractivity contribution is 7.22. The number of nitrogens with zero attached hydrogens (tertiary/aromatic N) is 1. The van der Waals surface area contributed by atoms with Crippen molar-refractivity contribution in [3.05, 3.63) is 23.8 Å². The summed E-state index contributed by atoms with van der Waals surface area (Å²) >= 11 is 1.31. The van der Waals surface area contributed by atoms with Gasteiger partial charge in [0.05, 0.1) is 15.8 Å². The molecule has 7 heteroatoms. The smallest absolute Gasteiger partial charge is 0.338 e. The van der Waals surface area contributed by atoms with Crippen LogP contribution in [-0.2, 0) is 9.53 Å². The molecule has 140 valence electrons. The molecule has 4 atom stereocenters. The number of carbonyl (C=O) groups is 2. The molecule has 3 rings (SSSR count). The molecule has 1 fully saturated rings. The number of thiazole rings is 1. The average Bonchev–Trinajstić information content (AvgIpc) is 2.97. The largest absolute Gasteiger partial charge is 0.449 e. The maximum atomic E-state index is 12.4. The predicted octanol–water partition coefficient (Wildman–Crippen LogP) is 3.36. The molecule has 0 radical (unpaired) electrons. The minimum absolute atomic E-state index is 0.143. The molecule has 1 aromatic carbocycles. The van der Waals surface area contributed by atoms with Gasteiger partial charge in [-0.15, -0.1) is 0 Å². The maximum Gasteiger partial charge on any atom is 0.338 e. The molecular formula is C19H25N3O3S. The minimum atomic E-state index is -0.839. The third-order valence-corrected chi connectivity index (χ3v) is 6.18. The molecule has 0 aliphatic heterocycles. The number of ether oxygens (including phenoxy) is 1. The van der Waals surface area contributed by atoms with Crippen LogP contribution in [0, 0.1) is 11.8 Å². The van der Waals surface area contributed by atoms with Gasteiger partial charge in [0.25, 0.3) is 5.91 Å². The number of fused-ring (bicyclic) bond motifs is 1. The minimum Gasteiger partial charge on any atom is -0.449 e. The summed E-state index contributed by atoms with van der Waals surface area (Å²) < 4.78 is 6.18. The van der Waals surface area contributed by atoms with Crippen LogP contribution in [0.25, 0.3) is 10.2 Å². The second-order valence-electron chi connectivity index (χ2n) is 7.16. The van der Waals surface area contributed by atoms with Crippen LogP contribution < -0.4 is 11.1 Å². The molecule has 2 aromatic rings. The highest BCUT2D eigenvalue weighted by Crippen LogP contribution is 2.29. The molecule has 0 saturated heterocycles. The number of amides is 1. The fourth-order valence-corrected chi connectivity index (χ4v) is 4.21. The topological polar surface area (TPSA) is 94.3 Å². The number of nitrogens with two attached hydrogens (primary N) is 1. The average molecular weight is 375 g/mol. The summed E-state index contributed by atoms with van der Waals surface area (Å²) in [5.74, 6) is 0.249. The molecule has 1 aliphatic carbocycles. The van der Waals surface area contributed by atoms with Crippen molar-refractivity contribution in [2.75, 3.05) is 5.73 Å². The molecule has 0 bridgehead atoms. The van der Waals surface area contributed by atoms with Crippen molar-refractivity contribution in [3.8, 4) is 0 Å². The Kier molecular flexibility index (Phi) is 5.46. The SMILES string of the molecule is C[C@@H]1[C@@H](C)CCC[C@H]1NC(=O)[C@H](C)OC(=O)c1ccc2nc(N)sc2c1. The fourth-order valence-electron chi connectivity index (χ4n) is 3.44. The number of carbonyl (C=O) groups excluding carboxylic acids is 2. The highest BCUT2D eigenvalue weighted by Gasteiger charge is 2.30. The van der Waals surface area contributed by atoms with E-state index < -0.39 is 12.1 Å². The molecule has 1 heterocycles. The summed E-state index contributed by atoms with van der Waals surface area (Å²) in [4.78, 5) is 29.0. The zero-order valence-electron chi connectivity index (χ0n) is 15.3. The lowest BCUT2D eigenvalue weighted by Crippen LogP contribution is -2.47. The van der Waals surface area contributed by atoms with Gasteiger partial charge in [-0.2, -0.15) is 0 Å². The van der Waals surface area contributed by atoms with Crippen LogP contribution in [0.3, 0.4) is 0 Å². The fraction of sp³-hybridized carbons (Fsp3) is 0.526. The summed E-state index contributed by atoms with van der Waals surface area (Å²) in [5, 5.41) is 3.50. The van der Waals surface area contributed by atoms with E-state index in [0.717, 1.165) is 23.1 Å². The molecule has 1 aliphatic rings. The van der Waals surface area contributed by atoms with Crippen molar-refractivity contribution in [2.24, 2.45) is 11.8 Å². The van der Waals surface area contributed by atoms with Gasteiger partial charge in [-0.3, -0.25) is 4.79 Å². The molecule has 0 unspecified atom stereocenters. The summed E-state index contributed by atoms with van der Waals surface area (Å²) in [7, 11) is 0. The van der Waals surface area contributed by atoms with Gasteiger partial charge < -0.3 is 15.8 Å². The van der Waals surface area contributed by atoms with Gasteiger partial charge >= 0.3 is 5.97 Å². The lowest BCUT2D eigenvalue weighted by Gasteiger charge is -2.35. The van der Waals surface area contributed by atoms with Crippen LogP contribution in [0.4, 0.5) is 5.13 Å². The van der Waals surface area contributed by atoms with E-state index in [9.17, 15) is 9.59 Å². The first kappa shape index (κ1) is 18.6. The summed E-state index contributed by atoms with van der Waals surface area (Å²) in [6.45, 7) is 5.99. The summed E-state index contributed by atoms with van der Waals surface area (Å²) in [6.07, 6.45) is 2.45. The summed E-state index contributed by atoms with van der Waals surface area (Å²) in [6, 6.07) is 5.21. The van der Waals surface area contributed by atoms with Crippen LogP contribution in [0.2, 0.25) is 0 Å². The van der Waals surface area contributed by atoms with E-state index in [1.165, 1.54) is 17.8 Å². The zero-order valence-corrected chi connectivity index (χ0v) is 16.1. The Hall–Kier alpha value is -2.15. The number of nitrogen functional groups attached to an aromatic ring is 1. The van der Waals surface area contributed by atoms with E-state index >= 15 is 0 Å². The van der Waals surface area contributed by atoms with Gasteiger partial charge in [0.1, 0.15) is 0 Å². The maximum absolute atomic E-state index is 12.4. The van der Waals surface area contributed by atoms with E-state index in [2.05, 4.69) is 24.1 Å². The van der Waals surface area contributed by atoms with Gasteiger partial charge in [-0.1, -0.05) is 38.0 Å². The van der Waals surface area contributed by atoms with E-state index in [0.29, 0.717) is 22.5 Å². The number of hydrogen-bond acceptors (Lipinski definition) is 6. The Morgan fingerprint density at radius 3 is 2.88 bits per heavy atom. The molecule has 26 heavy (non-hydrogen) atoms. The number of esters is 1. The zero-order chi connectivity index (χ0) is 18.8. The number of benzene rings is 1. The third-order valence-electron chi connectivity index (χ3n) is 5.33. The Morgan fingerprint density at radius 2 is 2.12 bits per heavy atom. The van der Waals surface area contributed by atoms with Crippen LogP contribution >= 0.6 is 11.3 Å². The van der Waals surface area contributed by atoms with Crippen molar-refractivity contribution in [3.63, 3.8) is 0 Å². The van der Waals surface area contributed by atoms with Crippen molar-refractivity contribution >= 4 is 38.6 Å². The van der Waals surface area contributed by atoms with E-state index in [1.807, 2.05) is 0 Å². The first-order valence-corrected chi connectivity index (χ1v) is 9.84. The predicted molar refractivity (Wildman–Crippen MR) is 103 cm³/mol. The molecular weight excluding hydrogens is 350 g/mol. The van der Waals surface area contributed by atoms with Gasteiger partial charge in [-0.25, -0.2) is 9.78 Å². The number of rotatable bonds is 4. The van der Waals surface area contributed by atoms with Gasteiger partial charge in [0.2, 0.25) is 0 Å². The number of hydrogen-bond donors (Lipinski definition) is 2. The quantitative estimate of drug-likeness (QED) is 0.799. The second-order valence-corrected chi connectivity index (χ2v) is 8.23. The van der Waals surface area contributed by atoms with E-state index in [1.54, 1.807) is 25.1 Å². The van der Waals surface area contributed by atoms with Crippen molar-refractivity contribution < 1.29 is 14.3 Å². The second kappa shape index (κ2) is 7.61. The highest BCUT2D eigenvalue weighted by atomic mass is 32.1. The lowest BCUT2D eigenvalue weighted by atomic mass is 9.78. The Labute approximate surface area is 157 Å². The molecule has 3 N–H and O–H groups in total. The molecule has 1 aromatic heterocycles. The molecule has 1 amide bonds. The van der Waals surface area contributed by atoms with E-state index in [-0.39, 0.29) is 11.9 Å². The first-order valence-electron chi connectivity index (χ1n) is 9.02. The molecule has 0 spiro atoms. The molecule has 6 nitrogen and oxygen atoms in total. The monoisotopic (exact) mass is 375 g/mol. The first-order chi connectivity index (χ1) is 12.3. The van der Waals surface area contributed by atoms with Crippen LogP contribution in [0.5, 0.6) is 0 Å². The molecule has 1 saturated carbocycles. The van der Waals surface area contributed by atoms with Gasteiger partial charge in [0, 0.05) is 6.04 Å². The van der Waals surface area contributed by atoms with Crippen LogP contribution in [-0.4, -0.2) is 29.0 Å². The Bertz CT molecular complexity index is 819. The normalized spacial score (nSPS) is 24.2. The van der Waals surface area contributed by atoms with E-state index in [4.69, 9.17) is 10.5 Å². The number of aromatic nitrogens is 1. The lowest BCUT2D eigenvalue weighted by molar-refractivity contribution is -0.130. The van der Waals surface area contributed by atoms with Crippen molar-refractivity contribution in [1.29, 1.82) is 0 Å². The van der Waals surface area contributed by atoms with Crippen LogP contribution in [0.15, 0.2) is 18.2 Å². The van der Waals surface area contributed by atoms with Crippen molar-refractivity contribution in [2.45, 2.75) is 52.2 Å². The third kappa shape index (κ3) is 3.98. The number of anilines is 1. The number of nitrogens with one attached hydrogen (secondary N) is 1. The van der Waals surface area contributed by atoms with Gasteiger partial charge in [-0.05, 0) is 43.4 Å². The Balaban J connectivity index is 1.61. The van der Waals surface area contributed by atoms with Gasteiger partial charge in [0.15, 0.2) is 11.2 Å². The van der Waals surface area contributed by atoms with Crippen molar-refractivity contribution in [1.82, 2.24) is 10.3 Å². The standard InChI is InChI=1S/C19H25N3O3S/c1-10-5-4-6-14(11(10)2)21-17(23)12(3)25-18(24)13-7-8-15-16(9-13)26-19(20)22-15/h7-12,14H,4-6H2,1-3H3,(H2,20,22)(H,21,23)/t10-,11+,12-,14+/m0/s1. The Morgan fingerprint density at radius 1 is 1.35 bits per heavy atom.